The molecule has 0 aliphatic carbocycles. The van der Waals surface area contributed by atoms with E-state index in [0.29, 0.717) is 44.6 Å². The van der Waals surface area contributed by atoms with E-state index >= 15 is 0 Å². The molecule has 2 amide bonds. The monoisotopic (exact) mass is 481 g/mol. The summed E-state index contributed by atoms with van der Waals surface area (Å²) in [5.41, 5.74) is 0.462. The Hall–Kier alpha value is -3.41. The molecule has 0 bridgehead atoms. The Kier molecular flexibility index (Phi) is 8.63. The molecule has 0 radical (unpaired) electrons. The number of alkyl halides is 3. The maximum absolute atomic E-state index is 12.5. The van der Waals surface area contributed by atoms with Gasteiger partial charge in [0, 0.05) is 24.8 Å². The van der Waals surface area contributed by atoms with Crippen LogP contribution in [0.25, 0.3) is 5.69 Å². The van der Waals surface area contributed by atoms with Crippen molar-refractivity contribution in [1.82, 2.24) is 25.6 Å². The Morgan fingerprint density at radius 1 is 1.26 bits per heavy atom. The molecule has 1 aromatic carbocycles. The molecule has 184 valence electrons. The summed E-state index contributed by atoms with van der Waals surface area (Å²) in [7, 11) is 0. The summed E-state index contributed by atoms with van der Waals surface area (Å²) in [6.45, 7) is 3.62. The van der Waals surface area contributed by atoms with Crippen LogP contribution in [0.1, 0.15) is 46.5 Å². The Labute approximate surface area is 194 Å². The summed E-state index contributed by atoms with van der Waals surface area (Å²) in [5, 5.41) is 12.6. The van der Waals surface area contributed by atoms with Crippen LogP contribution in [0, 0.1) is 0 Å². The van der Waals surface area contributed by atoms with Gasteiger partial charge in [-0.1, -0.05) is 11.3 Å². The standard InChI is InChI=1S/C22H26F3N5O4/c1-2-3-4-9-34-19-12-15(20(31)26-14-22(23,24)25)5-6-18(19)30-13-17(28-29-30)21(32)27-16-7-10-33-11-8-16/h2,5-6,12-13,16H,1,3-4,7-11,14H2,(H,26,31)(H,27,32). The molecule has 1 fully saturated rings. The van der Waals surface area contributed by atoms with Crippen molar-refractivity contribution in [3.8, 4) is 11.4 Å². The lowest BCUT2D eigenvalue weighted by Gasteiger charge is -2.22. The minimum atomic E-state index is -4.53. The quantitative estimate of drug-likeness (QED) is 0.399. The summed E-state index contributed by atoms with van der Waals surface area (Å²) in [5.74, 6) is -1.06. The van der Waals surface area contributed by atoms with Gasteiger partial charge in [0.25, 0.3) is 11.8 Å². The third-order valence-corrected chi connectivity index (χ3v) is 5.01. The molecule has 3 rings (SSSR count). The van der Waals surface area contributed by atoms with E-state index in [-0.39, 0.29) is 35.6 Å². The number of nitrogens with zero attached hydrogens (tertiary/aromatic N) is 3. The average molecular weight is 481 g/mol. The first-order chi connectivity index (χ1) is 16.3. The molecule has 1 aliphatic heterocycles. The number of amides is 2. The normalized spacial score (nSPS) is 14.4. The van der Waals surface area contributed by atoms with Crippen LogP contribution >= 0.6 is 0 Å². The van der Waals surface area contributed by atoms with Gasteiger partial charge in [0.1, 0.15) is 18.0 Å². The third-order valence-electron chi connectivity index (χ3n) is 5.01. The number of rotatable bonds is 10. The molecule has 1 aliphatic rings. The van der Waals surface area contributed by atoms with Crippen molar-refractivity contribution in [3.63, 3.8) is 0 Å². The predicted molar refractivity (Wildman–Crippen MR) is 116 cm³/mol. The highest BCUT2D eigenvalue weighted by molar-refractivity contribution is 5.95. The first-order valence-corrected chi connectivity index (χ1v) is 10.8. The molecule has 34 heavy (non-hydrogen) atoms. The van der Waals surface area contributed by atoms with Crippen molar-refractivity contribution >= 4 is 11.8 Å². The maximum atomic E-state index is 12.5. The van der Waals surface area contributed by atoms with Gasteiger partial charge in [0.05, 0.1) is 12.8 Å². The Morgan fingerprint density at radius 2 is 2.03 bits per heavy atom. The predicted octanol–water partition coefficient (Wildman–Crippen LogP) is 2.81. The van der Waals surface area contributed by atoms with E-state index in [1.165, 1.54) is 29.1 Å². The largest absolute Gasteiger partial charge is 0.491 e. The highest BCUT2D eigenvalue weighted by Crippen LogP contribution is 2.25. The van der Waals surface area contributed by atoms with E-state index in [2.05, 4.69) is 22.2 Å². The summed E-state index contributed by atoms with van der Waals surface area (Å²) in [6.07, 6.45) is 1.38. The first-order valence-electron chi connectivity index (χ1n) is 10.8. The molecule has 1 saturated heterocycles. The van der Waals surface area contributed by atoms with Gasteiger partial charge in [0.2, 0.25) is 0 Å². The lowest BCUT2D eigenvalue weighted by Crippen LogP contribution is -2.39. The zero-order chi connectivity index (χ0) is 24.6. The van der Waals surface area contributed by atoms with Crippen LogP contribution in [-0.4, -0.2) is 65.4 Å². The van der Waals surface area contributed by atoms with Crippen LogP contribution in [0.5, 0.6) is 5.75 Å². The molecule has 0 unspecified atom stereocenters. The van der Waals surface area contributed by atoms with Gasteiger partial charge < -0.3 is 20.1 Å². The Morgan fingerprint density at radius 3 is 2.74 bits per heavy atom. The molecule has 9 nitrogen and oxygen atoms in total. The second kappa shape index (κ2) is 11.6. The molecule has 1 aromatic heterocycles. The molecule has 2 N–H and O–H groups in total. The van der Waals surface area contributed by atoms with Gasteiger partial charge in [-0.15, -0.1) is 11.7 Å². The van der Waals surface area contributed by atoms with Gasteiger partial charge in [-0.2, -0.15) is 13.2 Å². The molecule has 2 aromatic rings. The summed E-state index contributed by atoms with van der Waals surface area (Å²) < 4.78 is 49.7. The molecule has 0 spiro atoms. The van der Waals surface area contributed by atoms with Crippen molar-refractivity contribution in [3.05, 3.63) is 48.3 Å². The lowest BCUT2D eigenvalue weighted by atomic mass is 10.1. The number of carbonyl (C=O) groups is 2. The molecule has 0 atom stereocenters. The number of nitrogens with one attached hydrogen (secondary N) is 2. The number of hydrogen-bond acceptors (Lipinski definition) is 6. The maximum Gasteiger partial charge on any atom is 0.405 e. The van der Waals surface area contributed by atoms with Crippen LogP contribution in [-0.2, 0) is 4.74 Å². The summed E-state index contributed by atoms with van der Waals surface area (Å²) >= 11 is 0. The number of aromatic nitrogens is 3. The minimum Gasteiger partial charge on any atom is -0.491 e. The second-order valence-electron chi connectivity index (χ2n) is 7.67. The van der Waals surface area contributed by atoms with Gasteiger partial charge in [-0.25, -0.2) is 4.68 Å². The van der Waals surface area contributed by atoms with Crippen LogP contribution in [0.15, 0.2) is 37.1 Å². The zero-order valence-corrected chi connectivity index (χ0v) is 18.4. The van der Waals surface area contributed by atoms with Crippen LogP contribution in [0.3, 0.4) is 0 Å². The van der Waals surface area contributed by atoms with Crippen LogP contribution in [0.4, 0.5) is 13.2 Å². The van der Waals surface area contributed by atoms with E-state index in [4.69, 9.17) is 9.47 Å². The molecular formula is C22H26F3N5O4. The van der Waals surface area contributed by atoms with Gasteiger partial charge in [-0.05, 0) is 43.9 Å². The Balaban J connectivity index is 1.78. The van der Waals surface area contributed by atoms with Gasteiger partial charge >= 0.3 is 6.18 Å². The van der Waals surface area contributed by atoms with Crippen LogP contribution in [0.2, 0.25) is 0 Å². The number of allylic oxidation sites excluding steroid dienone is 1. The topological polar surface area (TPSA) is 107 Å². The number of ether oxygens (including phenoxy) is 2. The summed E-state index contributed by atoms with van der Waals surface area (Å²) in [6, 6.07) is 4.14. The number of benzene rings is 1. The van der Waals surface area contributed by atoms with Crippen LogP contribution < -0.4 is 15.4 Å². The zero-order valence-electron chi connectivity index (χ0n) is 18.4. The third kappa shape index (κ3) is 7.30. The smallest absolute Gasteiger partial charge is 0.405 e. The molecular weight excluding hydrogens is 455 g/mol. The van der Waals surface area contributed by atoms with Crippen molar-refractivity contribution < 1.29 is 32.2 Å². The fourth-order valence-corrected chi connectivity index (χ4v) is 3.24. The van der Waals surface area contributed by atoms with E-state index in [1.807, 2.05) is 5.32 Å². The highest BCUT2D eigenvalue weighted by Gasteiger charge is 2.28. The lowest BCUT2D eigenvalue weighted by molar-refractivity contribution is -0.123. The molecule has 2 heterocycles. The van der Waals surface area contributed by atoms with Gasteiger partial charge in [0.15, 0.2) is 5.69 Å². The van der Waals surface area contributed by atoms with Crippen molar-refractivity contribution in [2.75, 3.05) is 26.4 Å². The van der Waals surface area contributed by atoms with E-state index in [1.54, 1.807) is 6.08 Å². The van der Waals surface area contributed by atoms with E-state index in [0.717, 1.165) is 0 Å². The molecule has 0 saturated carbocycles. The second-order valence-corrected chi connectivity index (χ2v) is 7.67. The van der Waals surface area contributed by atoms with E-state index in [9.17, 15) is 22.8 Å². The SMILES string of the molecule is C=CCCCOc1cc(C(=O)NCC(F)(F)F)ccc1-n1cc(C(=O)NC2CCOCC2)nn1. The average Bonchev–Trinajstić information content (AvgIpc) is 3.31. The van der Waals surface area contributed by atoms with Crippen molar-refractivity contribution in [2.24, 2.45) is 0 Å². The fraction of sp³-hybridized carbons (Fsp3) is 0.455. The van der Waals surface area contributed by atoms with E-state index < -0.39 is 18.6 Å². The number of unbranched alkanes of at least 4 members (excludes halogenated alkanes) is 1. The number of halogens is 3. The first kappa shape index (κ1) is 25.2. The van der Waals surface area contributed by atoms with Crippen molar-refractivity contribution in [2.45, 2.75) is 37.9 Å². The number of carbonyl (C=O) groups excluding carboxylic acids is 2. The Bertz CT molecular complexity index is 1000. The van der Waals surface area contributed by atoms with Gasteiger partial charge in [-0.3, -0.25) is 9.59 Å². The highest BCUT2D eigenvalue weighted by atomic mass is 19.4. The van der Waals surface area contributed by atoms with Crippen molar-refractivity contribution in [1.29, 1.82) is 0 Å². The fourth-order valence-electron chi connectivity index (χ4n) is 3.24. The molecule has 12 heteroatoms. The summed E-state index contributed by atoms with van der Waals surface area (Å²) in [4.78, 5) is 24.7. The minimum absolute atomic E-state index is 0.00958. The number of hydrogen-bond donors (Lipinski definition) is 2.